The van der Waals surface area contributed by atoms with E-state index in [1.807, 2.05) is 0 Å². The molecule has 8 amide bonds. The van der Waals surface area contributed by atoms with Crippen LogP contribution in [0.2, 0.25) is 0 Å². The van der Waals surface area contributed by atoms with Gasteiger partial charge in [-0.2, -0.15) is 0 Å². The van der Waals surface area contributed by atoms with Gasteiger partial charge in [-0.15, -0.1) is 0 Å². The van der Waals surface area contributed by atoms with Crippen molar-refractivity contribution in [2.24, 2.45) is 58.1 Å². The highest BCUT2D eigenvalue weighted by molar-refractivity contribution is 5.97. The largest absolute Gasteiger partial charge is 0.368 e. The molecular weight excluding hydrogens is 1030 g/mol. The van der Waals surface area contributed by atoms with Crippen molar-refractivity contribution in [2.45, 2.75) is 279 Å². The van der Waals surface area contributed by atoms with Gasteiger partial charge in [-0.05, 0) is 153 Å². The molecular formula is C60H111N13O8. The molecule has 8 atom stereocenters. The Kier molecular flexibility index (Phi) is 34.0. The fourth-order valence-electron chi connectivity index (χ4n) is 12.8. The average molecular weight is 1140 g/mol. The van der Waals surface area contributed by atoms with Crippen molar-refractivity contribution >= 4 is 47.3 Å². The minimum Gasteiger partial charge on any atom is -0.368 e. The number of carbonyl (C=O) groups is 8. The first-order valence-corrected chi connectivity index (χ1v) is 32.1. The molecule has 21 heteroatoms. The lowest BCUT2D eigenvalue weighted by Crippen LogP contribution is -2.60. The van der Waals surface area contributed by atoms with Gasteiger partial charge in [-0.1, -0.05) is 128 Å². The summed E-state index contributed by atoms with van der Waals surface area (Å²) in [5, 5.41) is 20.7. The molecule has 19 N–H and O–H groups in total. The Balaban J connectivity index is 1.59. The summed E-state index contributed by atoms with van der Waals surface area (Å²) in [7, 11) is 0. The number of amides is 8. The van der Waals surface area contributed by atoms with E-state index in [0.29, 0.717) is 122 Å². The normalized spacial score (nSPS) is 19.8. The maximum Gasteiger partial charge on any atom is 0.243 e. The minimum absolute atomic E-state index is 0.103. The van der Waals surface area contributed by atoms with Gasteiger partial charge < -0.3 is 71.6 Å². The lowest BCUT2D eigenvalue weighted by molar-refractivity contribution is -0.136. The molecule has 0 bridgehead atoms. The van der Waals surface area contributed by atoms with Crippen LogP contribution in [0.1, 0.15) is 231 Å². The van der Waals surface area contributed by atoms with Crippen molar-refractivity contribution in [1.29, 1.82) is 0 Å². The Morgan fingerprint density at radius 3 is 0.790 bits per heavy atom. The average Bonchev–Trinajstić information content (AvgIpc) is 3.47. The zero-order valence-electron chi connectivity index (χ0n) is 49.4. The summed E-state index contributed by atoms with van der Waals surface area (Å²) >= 11 is 0. The molecule has 0 radical (unpaired) electrons. The van der Waals surface area contributed by atoms with Gasteiger partial charge in [-0.3, -0.25) is 38.4 Å². The van der Waals surface area contributed by atoms with Gasteiger partial charge in [0.05, 0.1) is 6.04 Å². The van der Waals surface area contributed by atoms with Crippen molar-refractivity contribution in [1.82, 2.24) is 37.2 Å². The van der Waals surface area contributed by atoms with Gasteiger partial charge in [-0.25, -0.2) is 0 Å². The van der Waals surface area contributed by atoms with Gasteiger partial charge in [0.1, 0.15) is 42.3 Å². The second-order valence-corrected chi connectivity index (χ2v) is 24.5. The molecule has 21 nitrogen and oxygen atoms in total. The number of unbranched alkanes of at least 4 members (excludes halogenated alkanes) is 4. The van der Waals surface area contributed by atoms with Crippen LogP contribution in [0.15, 0.2) is 0 Å². The van der Waals surface area contributed by atoms with Crippen LogP contribution in [-0.2, 0) is 38.4 Å². The summed E-state index contributed by atoms with van der Waals surface area (Å²) in [5.74, 6) is -3.62. The standard InChI is InChI=1S/C60H111N13O8/c61-33-17-13-29-46(53(66)74)67-58(79)50(38-42-23-7-2-8-24-42)71-56(77)48(31-15-19-35-63)69-60(81)52(40-44-27-11-4-12-28-44)73-57(78)49(32-16-20-36-64)70-59(80)51(39-43-25-9-3-10-26-43)72-55(76)47(30-14-18-34-62)68-54(75)45(65)37-41-21-5-1-6-22-41/h41-52H,1-40,61-65H2,(H2,66,74)(H,67,79)(H,68,75)(H,69,81)(H,70,80)(H,71,77)(H,72,76)(H,73,78)/t45-,46-,47-,48-,49-,50-,51-,52-/m0/s1. The molecule has 0 aromatic carbocycles. The molecule has 4 saturated carbocycles. The number of carbonyl (C=O) groups excluding carboxylic acids is 8. The third-order valence-electron chi connectivity index (χ3n) is 17.8. The molecule has 4 aliphatic rings. The number of hydrogen-bond acceptors (Lipinski definition) is 13. The molecule has 0 spiro atoms. The fraction of sp³-hybridized carbons (Fsp3) is 0.867. The summed E-state index contributed by atoms with van der Waals surface area (Å²) in [4.78, 5) is 114. The van der Waals surface area contributed by atoms with Crippen molar-refractivity contribution in [3.63, 3.8) is 0 Å². The predicted octanol–water partition coefficient (Wildman–Crippen LogP) is 3.59. The Morgan fingerprint density at radius 2 is 0.519 bits per heavy atom. The van der Waals surface area contributed by atoms with Crippen LogP contribution in [0.3, 0.4) is 0 Å². The quantitative estimate of drug-likeness (QED) is 0.0392. The molecule has 0 aliphatic heterocycles. The van der Waals surface area contributed by atoms with E-state index in [9.17, 15) is 38.4 Å². The third-order valence-corrected chi connectivity index (χ3v) is 17.8. The van der Waals surface area contributed by atoms with Crippen LogP contribution in [0.4, 0.5) is 0 Å². The van der Waals surface area contributed by atoms with Crippen LogP contribution in [0, 0.1) is 23.7 Å². The summed E-state index contributed by atoms with van der Waals surface area (Å²) in [5.41, 5.74) is 35.6. The molecule has 4 rings (SSSR count). The zero-order valence-corrected chi connectivity index (χ0v) is 49.4. The number of rotatable bonds is 39. The second kappa shape index (κ2) is 39.9. The maximum atomic E-state index is 14.8. The number of primary amides is 1. The van der Waals surface area contributed by atoms with Crippen molar-refractivity contribution in [3.8, 4) is 0 Å². The van der Waals surface area contributed by atoms with Crippen molar-refractivity contribution in [2.75, 3.05) is 26.2 Å². The van der Waals surface area contributed by atoms with Gasteiger partial charge in [0.15, 0.2) is 0 Å². The molecule has 4 aliphatic carbocycles. The first-order valence-electron chi connectivity index (χ1n) is 32.1. The molecule has 0 saturated heterocycles. The van der Waals surface area contributed by atoms with Gasteiger partial charge >= 0.3 is 0 Å². The SMILES string of the molecule is NCCCC[C@H](NC(=O)[C@H](CC1CCCCC1)NC(=O)[C@H](CCCCN)NC(=O)[C@H](CC1CCCCC1)NC(=O)[C@H](CCCCN)NC(=O)[C@H](CC1CCCCC1)NC(=O)[C@H](CCCCN)NC(=O)[C@@H](N)CC1CCCCC1)C(N)=O. The fourth-order valence-corrected chi connectivity index (χ4v) is 12.8. The molecule has 0 aromatic rings. The highest BCUT2D eigenvalue weighted by atomic mass is 16.2. The van der Waals surface area contributed by atoms with E-state index in [0.717, 1.165) is 122 Å². The number of nitrogens with two attached hydrogens (primary N) is 6. The van der Waals surface area contributed by atoms with Gasteiger partial charge in [0.2, 0.25) is 47.3 Å². The summed E-state index contributed by atoms with van der Waals surface area (Å²) in [6.45, 7) is 1.55. The van der Waals surface area contributed by atoms with E-state index in [2.05, 4.69) is 37.2 Å². The van der Waals surface area contributed by atoms with E-state index >= 15 is 0 Å². The lowest BCUT2D eigenvalue weighted by atomic mass is 9.84. The molecule has 0 aromatic heterocycles. The highest BCUT2D eigenvalue weighted by Gasteiger charge is 2.37. The van der Waals surface area contributed by atoms with E-state index in [4.69, 9.17) is 34.4 Å². The predicted molar refractivity (Wildman–Crippen MR) is 317 cm³/mol. The number of hydrogen-bond donors (Lipinski definition) is 13. The second-order valence-electron chi connectivity index (χ2n) is 24.5. The lowest BCUT2D eigenvalue weighted by Gasteiger charge is -2.31. The Morgan fingerprint density at radius 1 is 0.296 bits per heavy atom. The molecule has 0 heterocycles. The number of nitrogens with one attached hydrogen (secondary N) is 7. The topological polar surface area (TPSA) is 377 Å². The van der Waals surface area contributed by atoms with Crippen LogP contribution in [-0.4, -0.2) is 122 Å². The summed E-state index contributed by atoms with van der Waals surface area (Å²) < 4.78 is 0. The molecule has 0 unspecified atom stereocenters. The van der Waals surface area contributed by atoms with E-state index in [-0.39, 0.29) is 30.6 Å². The van der Waals surface area contributed by atoms with Gasteiger partial charge in [0, 0.05) is 0 Å². The first-order chi connectivity index (χ1) is 39.1. The smallest absolute Gasteiger partial charge is 0.243 e. The van der Waals surface area contributed by atoms with Crippen LogP contribution in [0.25, 0.3) is 0 Å². The maximum absolute atomic E-state index is 14.8. The molecule has 464 valence electrons. The van der Waals surface area contributed by atoms with E-state index in [1.165, 1.54) is 6.42 Å². The van der Waals surface area contributed by atoms with Crippen LogP contribution >= 0.6 is 0 Å². The van der Waals surface area contributed by atoms with E-state index in [1.54, 1.807) is 0 Å². The zero-order chi connectivity index (χ0) is 58.8. The Labute approximate surface area is 484 Å². The van der Waals surface area contributed by atoms with Crippen LogP contribution < -0.4 is 71.6 Å². The minimum atomic E-state index is -1.11. The third kappa shape index (κ3) is 26.8. The first kappa shape index (κ1) is 69.1. The van der Waals surface area contributed by atoms with Gasteiger partial charge in [0.25, 0.3) is 0 Å². The van der Waals surface area contributed by atoms with Crippen molar-refractivity contribution in [3.05, 3.63) is 0 Å². The van der Waals surface area contributed by atoms with Crippen LogP contribution in [0.5, 0.6) is 0 Å². The molecule has 4 fully saturated rings. The highest BCUT2D eigenvalue weighted by Crippen LogP contribution is 2.31. The van der Waals surface area contributed by atoms with Crippen molar-refractivity contribution < 1.29 is 38.4 Å². The monoisotopic (exact) mass is 1140 g/mol. The Hall–Kier alpha value is -4.44. The summed E-state index contributed by atoms with van der Waals surface area (Å²) in [6.07, 6.45) is 27.0. The Bertz CT molecular complexity index is 1870. The summed E-state index contributed by atoms with van der Waals surface area (Å²) in [6, 6.07) is -8.05. The van der Waals surface area contributed by atoms with E-state index < -0.39 is 95.6 Å². The molecule has 81 heavy (non-hydrogen) atoms.